The van der Waals surface area contributed by atoms with Crippen LogP contribution in [0.25, 0.3) is 0 Å². The zero-order valence-electron chi connectivity index (χ0n) is 11.1. The number of likely N-dealkylation sites (tertiary alicyclic amines) is 1. The average molecular weight is 313 g/mol. The number of halogens is 1. The molecule has 1 fully saturated rings. The summed E-state index contributed by atoms with van der Waals surface area (Å²) < 4.78 is 0. The van der Waals surface area contributed by atoms with E-state index in [2.05, 4.69) is 5.32 Å². The molecule has 1 aromatic carbocycles. The van der Waals surface area contributed by atoms with Crippen molar-refractivity contribution in [1.82, 2.24) is 10.2 Å². The first-order valence-electron chi connectivity index (χ1n) is 6.58. The maximum absolute atomic E-state index is 11.8. The lowest BCUT2D eigenvalue weighted by Crippen LogP contribution is -2.39. The van der Waals surface area contributed by atoms with Gasteiger partial charge in [-0.2, -0.15) is 0 Å². The molecule has 0 unspecified atom stereocenters. The molecule has 0 radical (unpaired) electrons. The Morgan fingerprint density at radius 2 is 1.85 bits per heavy atom. The van der Waals surface area contributed by atoms with E-state index in [4.69, 9.17) is 11.6 Å². The highest BCUT2D eigenvalue weighted by Gasteiger charge is 2.17. The van der Waals surface area contributed by atoms with Crippen LogP contribution in [0.3, 0.4) is 0 Å². The Labute approximate surface area is 127 Å². The average Bonchev–Trinajstić information content (AvgIpc) is 2.98. The van der Waals surface area contributed by atoms with Gasteiger partial charge in [-0.1, -0.05) is 11.6 Å². The Hall–Kier alpha value is -1.20. The quantitative estimate of drug-likeness (QED) is 0.848. The van der Waals surface area contributed by atoms with Gasteiger partial charge in [0.2, 0.25) is 11.8 Å². The van der Waals surface area contributed by atoms with Crippen molar-refractivity contribution in [3.63, 3.8) is 0 Å². The summed E-state index contributed by atoms with van der Waals surface area (Å²) in [5.74, 6) is 0.180. The summed E-state index contributed by atoms with van der Waals surface area (Å²) in [7, 11) is 0. The molecule has 1 heterocycles. The Bertz CT molecular complexity index is 473. The summed E-state index contributed by atoms with van der Waals surface area (Å²) >= 11 is 7.22. The SMILES string of the molecule is O=C(CSc1ccc(Cl)cc1)NCC(=O)N1CCCC1. The second-order valence-corrected chi connectivity index (χ2v) is 6.09. The monoisotopic (exact) mass is 312 g/mol. The molecule has 20 heavy (non-hydrogen) atoms. The van der Waals surface area contributed by atoms with Crippen molar-refractivity contribution in [3.8, 4) is 0 Å². The van der Waals surface area contributed by atoms with Gasteiger partial charge in [-0.15, -0.1) is 11.8 Å². The van der Waals surface area contributed by atoms with E-state index in [1.165, 1.54) is 11.8 Å². The van der Waals surface area contributed by atoms with Crippen LogP contribution in [0.4, 0.5) is 0 Å². The predicted molar refractivity (Wildman–Crippen MR) is 81.0 cm³/mol. The van der Waals surface area contributed by atoms with E-state index < -0.39 is 0 Å². The molecule has 0 bridgehead atoms. The molecule has 2 rings (SSSR count). The smallest absolute Gasteiger partial charge is 0.241 e. The van der Waals surface area contributed by atoms with Gasteiger partial charge in [0, 0.05) is 23.0 Å². The highest BCUT2D eigenvalue weighted by Crippen LogP contribution is 2.19. The number of hydrogen-bond donors (Lipinski definition) is 1. The molecule has 1 aromatic rings. The normalized spacial score (nSPS) is 14.3. The van der Waals surface area contributed by atoms with Gasteiger partial charge in [0.05, 0.1) is 12.3 Å². The van der Waals surface area contributed by atoms with Crippen molar-refractivity contribution in [2.24, 2.45) is 0 Å². The highest BCUT2D eigenvalue weighted by atomic mass is 35.5. The van der Waals surface area contributed by atoms with Gasteiger partial charge < -0.3 is 10.2 Å². The van der Waals surface area contributed by atoms with Crippen LogP contribution in [0.1, 0.15) is 12.8 Å². The summed E-state index contributed by atoms with van der Waals surface area (Å²) in [6.07, 6.45) is 2.12. The van der Waals surface area contributed by atoms with E-state index in [1.807, 2.05) is 12.1 Å². The van der Waals surface area contributed by atoms with Crippen molar-refractivity contribution < 1.29 is 9.59 Å². The van der Waals surface area contributed by atoms with Crippen LogP contribution >= 0.6 is 23.4 Å². The molecule has 1 N–H and O–H groups in total. The van der Waals surface area contributed by atoms with Crippen LogP contribution in [-0.2, 0) is 9.59 Å². The molecular weight excluding hydrogens is 296 g/mol. The fraction of sp³-hybridized carbons (Fsp3) is 0.429. The molecular formula is C14H17ClN2O2S. The van der Waals surface area contributed by atoms with Gasteiger partial charge >= 0.3 is 0 Å². The first-order valence-corrected chi connectivity index (χ1v) is 7.94. The number of hydrogen-bond acceptors (Lipinski definition) is 3. The first-order chi connectivity index (χ1) is 9.65. The molecule has 1 saturated heterocycles. The number of nitrogens with zero attached hydrogens (tertiary/aromatic N) is 1. The minimum atomic E-state index is -0.127. The lowest BCUT2D eigenvalue weighted by molar-refractivity contribution is -0.131. The molecule has 1 aliphatic heterocycles. The highest BCUT2D eigenvalue weighted by molar-refractivity contribution is 8.00. The number of thioether (sulfide) groups is 1. The van der Waals surface area contributed by atoms with Crippen LogP contribution in [0.2, 0.25) is 5.02 Å². The Morgan fingerprint density at radius 3 is 2.50 bits per heavy atom. The molecule has 4 nitrogen and oxygen atoms in total. The number of rotatable bonds is 5. The van der Waals surface area contributed by atoms with E-state index >= 15 is 0 Å². The fourth-order valence-electron chi connectivity index (χ4n) is 1.98. The Kier molecular flexibility index (Phi) is 5.73. The number of amides is 2. The van der Waals surface area contributed by atoms with Crippen molar-refractivity contribution in [3.05, 3.63) is 29.3 Å². The summed E-state index contributed by atoms with van der Waals surface area (Å²) in [5, 5.41) is 3.34. The molecule has 6 heteroatoms. The number of carbonyl (C=O) groups is 2. The number of carbonyl (C=O) groups excluding carboxylic acids is 2. The third kappa shape index (κ3) is 4.72. The number of benzene rings is 1. The Morgan fingerprint density at radius 1 is 1.20 bits per heavy atom. The molecule has 0 saturated carbocycles. The van der Waals surface area contributed by atoms with E-state index in [0.717, 1.165) is 30.8 Å². The van der Waals surface area contributed by atoms with E-state index in [1.54, 1.807) is 17.0 Å². The largest absolute Gasteiger partial charge is 0.346 e. The van der Waals surface area contributed by atoms with Crippen molar-refractivity contribution >= 4 is 35.2 Å². The molecule has 0 spiro atoms. The standard InChI is InChI=1S/C14H17ClN2O2S/c15-11-3-5-12(6-4-11)20-10-13(18)16-9-14(19)17-7-1-2-8-17/h3-6H,1-2,7-10H2,(H,16,18). The van der Waals surface area contributed by atoms with Gasteiger partial charge in [-0.05, 0) is 37.1 Å². The van der Waals surface area contributed by atoms with Crippen LogP contribution in [0.15, 0.2) is 29.2 Å². The van der Waals surface area contributed by atoms with Gasteiger partial charge in [0.25, 0.3) is 0 Å². The second-order valence-electron chi connectivity index (χ2n) is 4.61. The van der Waals surface area contributed by atoms with Crippen molar-refractivity contribution in [2.75, 3.05) is 25.4 Å². The lowest BCUT2D eigenvalue weighted by atomic mass is 10.4. The molecule has 2 amide bonds. The first kappa shape index (κ1) is 15.2. The van der Waals surface area contributed by atoms with Gasteiger partial charge in [0.15, 0.2) is 0 Å². The summed E-state index contributed by atoms with van der Waals surface area (Å²) in [4.78, 5) is 26.2. The maximum atomic E-state index is 11.8. The molecule has 0 atom stereocenters. The molecule has 0 aromatic heterocycles. The molecule has 1 aliphatic rings. The van der Waals surface area contributed by atoms with Gasteiger partial charge in [-0.25, -0.2) is 0 Å². The van der Waals surface area contributed by atoms with E-state index in [0.29, 0.717) is 10.8 Å². The zero-order valence-corrected chi connectivity index (χ0v) is 12.7. The Balaban J connectivity index is 1.67. The third-order valence-electron chi connectivity index (χ3n) is 3.08. The summed E-state index contributed by atoms with van der Waals surface area (Å²) in [6, 6.07) is 7.32. The minimum Gasteiger partial charge on any atom is -0.346 e. The minimum absolute atomic E-state index is 0.00680. The van der Waals surface area contributed by atoms with Crippen LogP contribution < -0.4 is 5.32 Å². The van der Waals surface area contributed by atoms with Crippen LogP contribution in [0.5, 0.6) is 0 Å². The summed E-state index contributed by atoms with van der Waals surface area (Å²) in [5.41, 5.74) is 0. The van der Waals surface area contributed by atoms with Gasteiger partial charge in [0.1, 0.15) is 0 Å². The second kappa shape index (κ2) is 7.55. The maximum Gasteiger partial charge on any atom is 0.241 e. The van der Waals surface area contributed by atoms with E-state index in [-0.39, 0.29) is 18.4 Å². The third-order valence-corrected chi connectivity index (χ3v) is 4.34. The zero-order chi connectivity index (χ0) is 14.4. The number of nitrogens with one attached hydrogen (secondary N) is 1. The van der Waals surface area contributed by atoms with Gasteiger partial charge in [-0.3, -0.25) is 9.59 Å². The van der Waals surface area contributed by atoms with Crippen molar-refractivity contribution in [1.29, 1.82) is 0 Å². The lowest BCUT2D eigenvalue weighted by Gasteiger charge is -2.15. The fourth-order valence-corrected chi connectivity index (χ4v) is 2.84. The van der Waals surface area contributed by atoms with E-state index in [9.17, 15) is 9.59 Å². The van der Waals surface area contributed by atoms with Crippen LogP contribution in [0, 0.1) is 0 Å². The molecule has 108 valence electrons. The van der Waals surface area contributed by atoms with Crippen LogP contribution in [-0.4, -0.2) is 42.1 Å². The summed E-state index contributed by atoms with van der Waals surface area (Å²) in [6.45, 7) is 1.72. The van der Waals surface area contributed by atoms with Crippen molar-refractivity contribution in [2.45, 2.75) is 17.7 Å². The predicted octanol–water partition coefficient (Wildman–Crippen LogP) is 2.17. The molecule has 0 aliphatic carbocycles. The topological polar surface area (TPSA) is 49.4 Å².